The number of ether oxygens (including phenoxy) is 2. The number of thiophene rings is 2. The molecule has 7 rings (SSSR count). The molecular formula is C36H26O2S2. The van der Waals surface area contributed by atoms with Gasteiger partial charge in [0.15, 0.2) is 0 Å². The predicted molar refractivity (Wildman–Crippen MR) is 172 cm³/mol. The fourth-order valence-corrected chi connectivity index (χ4v) is 7.59. The van der Waals surface area contributed by atoms with E-state index in [4.69, 9.17) is 9.47 Å². The van der Waals surface area contributed by atoms with Crippen molar-refractivity contribution >= 4 is 44.2 Å². The second kappa shape index (κ2) is 10.3. The van der Waals surface area contributed by atoms with Crippen molar-refractivity contribution in [2.75, 3.05) is 14.2 Å². The fourth-order valence-electron chi connectivity index (χ4n) is 5.42. The van der Waals surface area contributed by atoms with E-state index in [9.17, 15) is 0 Å². The zero-order chi connectivity index (χ0) is 27.1. The number of hydrogen-bond acceptors (Lipinski definition) is 4. The van der Waals surface area contributed by atoms with Gasteiger partial charge in [-0.2, -0.15) is 0 Å². The molecule has 2 heterocycles. The maximum absolute atomic E-state index is 5.36. The van der Waals surface area contributed by atoms with Crippen LogP contribution in [-0.4, -0.2) is 14.2 Å². The van der Waals surface area contributed by atoms with E-state index in [-0.39, 0.29) is 0 Å². The van der Waals surface area contributed by atoms with Crippen LogP contribution in [0.1, 0.15) is 0 Å². The van der Waals surface area contributed by atoms with Gasteiger partial charge in [0.05, 0.1) is 14.2 Å². The van der Waals surface area contributed by atoms with E-state index in [1.165, 1.54) is 63.3 Å². The lowest BCUT2D eigenvalue weighted by Gasteiger charge is -2.15. The number of rotatable bonds is 6. The molecule has 0 radical (unpaired) electrons. The molecule has 0 aliphatic rings. The van der Waals surface area contributed by atoms with Crippen LogP contribution in [0, 0.1) is 0 Å². The molecule has 0 amide bonds. The maximum atomic E-state index is 5.36. The molecule has 2 nitrogen and oxygen atoms in total. The Bertz CT molecular complexity index is 1760. The Morgan fingerprint density at radius 1 is 0.375 bits per heavy atom. The smallest absolute Gasteiger partial charge is 0.118 e. The number of hydrogen-bond donors (Lipinski definition) is 0. The highest BCUT2D eigenvalue weighted by Crippen LogP contribution is 2.48. The van der Waals surface area contributed by atoms with E-state index in [2.05, 4.69) is 97.1 Å². The SMILES string of the molecule is COc1ccc(-c2ccc(-c3c4ccccc4c(-c4ccc(-c5ccc(OC)cc5)s4)c4ccccc34)s2)cc1. The van der Waals surface area contributed by atoms with Crippen LogP contribution >= 0.6 is 22.7 Å². The Morgan fingerprint density at radius 3 is 1.02 bits per heavy atom. The van der Waals surface area contributed by atoms with Gasteiger partial charge in [0, 0.05) is 30.6 Å². The quantitative estimate of drug-likeness (QED) is 0.190. The van der Waals surface area contributed by atoms with Crippen LogP contribution in [0.4, 0.5) is 0 Å². The molecular weight excluding hydrogens is 529 g/mol. The van der Waals surface area contributed by atoms with Crippen molar-refractivity contribution in [3.05, 3.63) is 121 Å². The first kappa shape index (κ1) is 24.6. The lowest BCUT2D eigenvalue weighted by Crippen LogP contribution is -1.88. The number of methoxy groups -OCH3 is 2. The van der Waals surface area contributed by atoms with E-state index in [0.717, 1.165) is 11.5 Å². The third kappa shape index (κ3) is 4.26. The number of benzene rings is 5. The van der Waals surface area contributed by atoms with Crippen LogP contribution in [0.25, 0.3) is 63.3 Å². The van der Waals surface area contributed by atoms with Crippen LogP contribution in [0.5, 0.6) is 11.5 Å². The molecule has 0 unspecified atom stereocenters. The van der Waals surface area contributed by atoms with E-state index >= 15 is 0 Å². The minimum Gasteiger partial charge on any atom is -0.497 e. The molecule has 0 atom stereocenters. The molecule has 194 valence electrons. The molecule has 4 heteroatoms. The first-order chi connectivity index (χ1) is 19.7. The Labute approximate surface area is 241 Å². The summed E-state index contributed by atoms with van der Waals surface area (Å²) in [5.74, 6) is 1.74. The van der Waals surface area contributed by atoms with Gasteiger partial charge in [-0.3, -0.25) is 0 Å². The Balaban J connectivity index is 1.40. The molecule has 5 aromatic carbocycles. The van der Waals surface area contributed by atoms with Gasteiger partial charge in [0.25, 0.3) is 0 Å². The summed E-state index contributed by atoms with van der Waals surface area (Å²) >= 11 is 3.68. The molecule has 0 aliphatic heterocycles. The standard InChI is InChI=1S/C36H26O2S2/c1-37-25-15-11-23(12-16-25)31-19-21-33(39-31)35-27-7-3-5-9-29(27)36(30-10-6-4-8-28(30)35)34-22-20-32(40-34)24-13-17-26(38-2)18-14-24/h3-22H,1-2H3. The highest BCUT2D eigenvalue weighted by atomic mass is 32.1. The van der Waals surface area contributed by atoms with Crippen molar-refractivity contribution in [3.63, 3.8) is 0 Å². The van der Waals surface area contributed by atoms with Crippen LogP contribution in [0.3, 0.4) is 0 Å². The minimum absolute atomic E-state index is 0.872. The van der Waals surface area contributed by atoms with Gasteiger partial charge in [-0.1, -0.05) is 48.5 Å². The molecule has 0 saturated carbocycles. The largest absolute Gasteiger partial charge is 0.497 e. The summed E-state index contributed by atoms with van der Waals surface area (Å²) in [5, 5.41) is 5.11. The van der Waals surface area contributed by atoms with E-state index < -0.39 is 0 Å². The summed E-state index contributed by atoms with van der Waals surface area (Å²) in [5.41, 5.74) is 5.00. The van der Waals surface area contributed by atoms with Gasteiger partial charge in [0.1, 0.15) is 11.5 Å². The number of fused-ring (bicyclic) bond motifs is 2. The topological polar surface area (TPSA) is 18.5 Å². The second-order valence-corrected chi connectivity index (χ2v) is 11.8. The third-order valence-electron chi connectivity index (χ3n) is 7.39. The minimum atomic E-state index is 0.872. The lowest BCUT2D eigenvalue weighted by atomic mass is 9.90. The van der Waals surface area contributed by atoms with Crippen molar-refractivity contribution in [3.8, 4) is 53.3 Å². The van der Waals surface area contributed by atoms with Gasteiger partial charge in [-0.15, -0.1) is 22.7 Å². The third-order valence-corrected chi connectivity index (χ3v) is 9.69. The van der Waals surface area contributed by atoms with E-state index in [1.54, 1.807) is 14.2 Å². The van der Waals surface area contributed by atoms with Gasteiger partial charge in [0.2, 0.25) is 0 Å². The Morgan fingerprint density at radius 2 is 0.700 bits per heavy atom. The van der Waals surface area contributed by atoms with Crippen LogP contribution < -0.4 is 9.47 Å². The van der Waals surface area contributed by atoms with Crippen molar-refractivity contribution in [1.82, 2.24) is 0 Å². The average Bonchev–Trinajstić information content (AvgIpc) is 3.71. The molecule has 0 bridgehead atoms. The van der Waals surface area contributed by atoms with Crippen molar-refractivity contribution in [1.29, 1.82) is 0 Å². The zero-order valence-corrected chi connectivity index (χ0v) is 23.8. The summed E-state index contributed by atoms with van der Waals surface area (Å²) < 4.78 is 10.7. The summed E-state index contributed by atoms with van der Waals surface area (Å²) in [7, 11) is 3.41. The molecule has 2 aromatic heterocycles. The maximum Gasteiger partial charge on any atom is 0.118 e. The highest BCUT2D eigenvalue weighted by molar-refractivity contribution is 7.19. The van der Waals surface area contributed by atoms with Crippen molar-refractivity contribution in [2.45, 2.75) is 0 Å². The first-order valence-electron chi connectivity index (χ1n) is 13.2. The lowest BCUT2D eigenvalue weighted by molar-refractivity contribution is 0.415. The average molecular weight is 555 g/mol. The van der Waals surface area contributed by atoms with Gasteiger partial charge in [-0.05, 0) is 105 Å². The second-order valence-electron chi connectivity index (χ2n) is 9.63. The molecule has 0 saturated heterocycles. The highest BCUT2D eigenvalue weighted by Gasteiger charge is 2.19. The summed E-state index contributed by atoms with van der Waals surface area (Å²) in [6, 6.07) is 43.3. The Kier molecular flexibility index (Phi) is 6.35. The van der Waals surface area contributed by atoms with Gasteiger partial charge in [-0.25, -0.2) is 0 Å². The molecule has 0 spiro atoms. The Hall–Kier alpha value is -4.38. The van der Waals surface area contributed by atoms with Crippen LogP contribution in [-0.2, 0) is 0 Å². The van der Waals surface area contributed by atoms with Crippen molar-refractivity contribution < 1.29 is 9.47 Å². The zero-order valence-electron chi connectivity index (χ0n) is 22.2. The molecule has 0 N–H and O–H groups in total. The normalized spacial score (nSPS) is 11.2. The molecule has 0 aliphatic carbocycles. The van der Waals surface area contributed by atoms with Crippen LogP contribution in [0.15, 0.2) is 121 Å². The summed E-state index contributed by atoms with van der Waals surface area (Å²) in [6.45, 7) is 0. The summed E-state index contributed by atoms with van der Waals surface area (Å²) in [6.07, 6.45) is 0. The molecule has 7 aromatic rings. The fraction of sp³-hybridized carbons (Fsp3) is 0.0556. The van der Waals surface area contributed by atoms with Crippen LogP contribution in [0.2, 0.25) is 0 Å². The molecule has 40 heavy (non-hydrogen) atoms. The van der Waals surface area contributed by atoms with E-state index in [0.29, 0.717) is 0 Å². The monoisotopic (exact) mass is 554 g/mol. The van der Waals surface area contributed by atoms with Crippen molar-refractivity contribution in [2.24, 2.45) is 0 Å². The van der Waals surface area contributed by atoms with Gasteiger partial charge < -0.3 is 9.47 Å². The van der Waals surface area contributed by atoms with E-state index in [1.807, 2.05) is 46.9 Å². The first-order valence-corrected chi connectivity index (χ1v) is 14.8. The predicted octanol–water partition coefficient (Wildman–Crippen LogP) is 10.8. The van der Waals surface area contributed by atoms with Gasteiger partial charge >= 0.3 is 0 Å². The summed E-state index contributed by atoms with van der Waals surface area (Å²) in [4.78, 5) is 5.04. The molecule has 0 fully saturated rings.